The third-order valence-corrected chi connectivity index (χ3v) is 4.66. The molecule has 0 aromatic heterocycles. The lowest BCUT2D eigenvalue weighted by molar-refractivity contribution is -0.384. The van der Waals surface area contributed by atoms with E-state index in [9.17, 15) is 20.0 Å². The molecule has 3 unspecified atom stereocenters. The number of hydrogen-bond acceptors (Lipinski definition) is 4. The second kappa shape index (κ2) is 8.10. The van der Waals surface area contributed by atoms with Gasteiger partial charge in [-0.1, -0.05) is 25.5 Å². The molecule has 2 amide bonds. The van der Waals surface area contributed by atoms with Crippen LogP contribution >= 0.6 is 0 Å². The van der Waals surface area contributed by atoms with Gasteiger partial charge in [0.15, 0.2) is 0 Å². The van der Waals surface area contributed by atoms with E-state index in [1.54, 1.807) is 24.1 Å². The van der Waals surface area contributed by atoms with Gasteiger partial charge in [0.05, 0.1) is 17.1 Å². The molecule has 2 rings (SSSR count). The Balaban J connectivity index is 1.99. The van der Waals surface area contributed by atoms with Gasteiger partial charge in [-0.25, -0.2) is 4.79 Å². The Kier molecular flexibility index (Phi) is 6.14. The molecular weight excluding hydrogens is 310 g/mol. The van der Waals surface area contributed by atoms with Crippen molar-refractivity contribution in [1.82, 2.24) is 10.2 Å². The maximum absolute atomic E-state index is 12.4. The number of carbonyl (C=O) groups is 1. The molecule has 0 radical (unpaired) electrons. The predicted octanol–water partition coefficient (Wildman–Crippen LogP) is 2.85. The molecule has 24 heavy (non-hydrogen) atoms. The fourth-order valence-electron chi connectivity index (χ4n) is 3.20. The molecule has 0 bridgehead atoms. The molecular formula is C17H25N3O4. The zero-order valence-electron chi connectivity index (χ0n) is 14.1. The quantitative estimate of drug-likeness (QED) is 0.617. The first-order valence-electron chi connectivity index (χ1n) is 8.36. The molecule has 1 fully saturated rings. The van der Waals surface area contributed by atoms with E-state index in [-0.39, 0.29) is 29.8 Å². The molecule has 0 heterocycles. The first kappa shape index (κ1) is 18.2. The topological polar surface area (TPSA) is 95.7 Å². The number of nitro benzene ring substituents is 1. The molecule has 0 saturated heterocycles. The highest BCUT2D eigenvalue weighted by molar-refractivity contribution is 5.74. The van der Waals surface area contributed by atoms with Crippen LogP contribution in [0.25, 0.3) is 0 Å². The third-order valence-electron chi connectivity index (χ3n) is 4.66. The van der Waals surface area contributed by atoms with E-state index in [0.717, 1.165) is 19.3 Å². The highest BCUT2D eigenvalue weighted by Gasteiger charge is 2.28. The van der Waals surface area contributed by atoms with Crippen LogP contribution in [0.2, 0.25) is 0 Å². The number of hydrogen-bond donors (Lipinski definition) is 2. The van der Waals surface area contributed by atoms with Gasteiger partial charge in [-0.05, 0) is 24.8 Å². The van der Waals surface area contributed by atoms with Crippen LogP contribution in [-0.4, -0.2) is 40.7 Å². The minimum atomic E-state index is -0.439. The van der Waals surface area contributed by atoms with Gasteiger partial charge in [-0.3, -0.25) is 10.1 Å². The molecule has 1 aliphatic carbocycles. The minimum Gasteiger partial charge on any atom is -0.393 e. The van der Waals surface area contributed by atoms with Crippen molar-refractivity contribution in [2.24, 2.45) is 5.92 Å². The van der Waals surface area contributed by atoms with Crippen molar-refractivity contribution in [3.8, 4) is 0 Å². The van der Waals surface area contributed by atoms with E-state index in [0.29, 0.717) is 18.5 Å². The molecule has 0 spiro atoms. The summed E-state index contributed by atoms with van der Waals surface area (Å²) in [5, 5.41) is 23.7. The average Bonchev–Trinajstić information content (AvgIpc) is 2.97. The summed E-state index contributed by atoms with van der Waals surface area (Å²) in [6, 6.07) is 5.82. The van der Waals surface area contributed by atoms with Gasteiger partial charge >= 0.3 is 6.03 Å². The summed E-state index contributed by atoms with van der Waals surface area (Å²) in [4.78, 5) is 24.4. The zero-order chi connectivity index (χ0) is 17.7. The number of nitrogens with zero attached hydrogens (tertiary/aromatic N) is 2. The molecule has 3 atom stereocenters. The number of aliphatic hydroxyl groups is 1. The maximum atomic E-state index is 12.4. The van der Waals surface area contributed by atoms with Crippen LogP contribution in [-0.2, 0) is 0 Å². The Morgan fingerprint density at radius 2 is 2.25 bits per heavy atom. The van der Waals surface area contributed by atoms with E-state index < -0.39 is 4.92 Å². The Morgan fingerprint density at radius 1 is 1.50 bits per heavy atom. The second-order valence-corrected chi connectivity index (χ2v) is 6.40. The van der Waals surface area contributed by atoms with Crippen LogP contribution in [0.15, 0.2) is 24.3 Å². The lowest BCUT2D eigenvalue weighted by Crippen LogP contribution is -2.42. The number of non-ortho nitro benzene ring substituents is 1. The highest BCUT2D eigenvalue weighted by Crippen LogP contribution is 2.26. The van der Waals surface area contributed by atoms with Crippen molar-refractivity contribution in [1.29, 1.82) is 0 Å². The first-order chi connectivity index (χ1) is 11.4. The van der Waals surface area contributed by atoms with E-state index in [4.69, 9.17) is 0 Å². The van der Waals surface area contributed by atoms with Crippen molar-refractivity contribution in [3.63, 3.8) is 0 Å². The molecule has 1 aliphatic rings. The predicted molar refractivity (Wildman–Crippen MR) is 90.6 cm³/mol. The first-order valence-corrected chi connectivity index (χ1v) is 8.36. The second-order valence-electron chi connectivity index (χ2n) is 6.40. The van der Waals surface area contributed by atoms with Crippen molar-refractivity contribution < 1.29 is 14.8 Å². The van der Waals surface area contributed by atoms with Crippen molar-refractivity contribution in [3.05, 3.63) is 39.9 Å². The lowest BCUT2D eigenvalue weighted by Gasteiger charge is -2.26. The van der Waals surface area contributed by atoms with Gasteiger partial charge < -0.3 is 15.3 Å². The standard InChI is InChI=1S/C17H25N3O4/c1-3-15(12-6-4-8-14(10-12)20(23)24)18-17(22)19(2)11-13-7-5-9-16(13)21/h4,6,8,10,13,15-16,21H,3,5,7,9,11H2,1-2H3,(H,18,22). The number of rotatable bonds is 6. The van der Waals surface area contributed by atoms with Crippen molar-refractivity contribution >= 4 is 11.7 Å². The third kappa shape index (κ3) is 4.44. The van der Waals surface area contributed by atoms with Crippen molar-refractivity contribution in [2.75, 3.05) is 13.6 Å². The van der Waals surface area contributed by atoms with Crippen LogP contribution in [0.4, 0.5) is 10.5 Å². The Hall–Kier alpha value is -2.15. The van der Waals surface area contributed by atoms with Gasteiger partial charge in [0.2, 0.25) is 0 Å². The molecule has 7 nitrogen and oxygen atoms in total. The maximum Gasteiger partial charge on any atom is 0.317 e. The Morgan fingerprint density at radius 3 is 2.83 bits per heavy atom. The molecule has 1 saturated carbocycles. The molecule has 1 aromatic rings. The number of nitrogens with one attached hydrogen (secondary N) is 1. The van der Waals surface area contributed by atoms with E-state index >= 15 is 0 Å². The summed E-state index contributed by atoms with van der Waals surface area (Å²) in [7, 11) is 1.71. The number of benzene rings is 1. The van der Waals surface area contributed by atoms with Gasteiger partial charge in [0.1, 0.15) is 0 Å². The summed E-state index contributed by atoms with van der Waals surface area (Å²) in [5.74, 6) is 0.124. The van der Waals surface area contributed by atoms with Crippen molar-refractivity contribution in [2.45, 2.75) is 44.8 Å². The number of aliphatic hydroxyl groups excluding tert-OH is 1. The van der Waals surface area contributed by atoms with Gasteiger partial charge in [0, 0.05) is 31.6 Å². The van der Waals surface area contributed by atoms with E-state index in [1.807, 2.05) is 6.92 Å². The molecule has 7 heteroatoms. The summed E-state index contributed by atoms with van der Waals surface area (Å²) in [6.07, 6.45) is 3.02. The minimum absolute atomic E-state index is 0.0163. The molecule has 0 aliphatic heterocycles. The van der Waals surface area contributed by atoms with Gasteiger partial charge in [-0.2, -0.15) is 0 Å². The van der Waals surface area contributed by atoms with Crippen LogP contribution < -0.4 is 5.32 Å². The SMILES string of the molecule is CCC(NC(=O)N(C)CC1CCCC1O)c1cccc([N+](=O)[O-])c1. The fraction of sp³-hybridized carbons (Fsp3) is 0.588. The average molecular weight is 335 g/mol. The largest absolute Gasteiger partial charge is 0.393 e. The lowest BCUT2D eigenvalue weighted by atomic mass is 10.0. The summed E-state index contributed by atoms with van der Waals surface area (Å²) < 4.78 is 0. The zero-order valence-corrected chi connectivity index (χ0v) is 14.1. The summed E-state index contributed by atoms with van der Waals surface area (Å²) >= 11 is 0. The highest BCUT2D eigenvalue weighted by atomic mass is 16.6. The van der Waals surface area contributed by atoms with Gasteiger partial charge in [-0.15, -0.1) is 0 Å². The van der Waals surface area contributed by atoms with E-state index in [2.05, 4.69) is 5.32 Å². The summed E-state index contributed by atoms with van der Waals surface area (Å²) in [6.45, 7) is 2.43. The fourth-order valence-corrected chi connectivity index (χ4v) is 3.20. The molecule has 1 aromatic carbocycles. The molecule has 2 N–H and O–H groups in total. The Labute approximate surface area is 141 Å². The Bertz CT molecular complexity index is 593. The smallest absolute Gasteiger partial charge is 0.317 e. The van der Waals surface area contributed by atoms with Crippen LogP contribution in [0.3, 0.4) is 0 Å². The number of urea groups is 1. The number of nitro groups is 1. The molecule has 132 valence electrons. The normalized spacial score (nSPS) is 21.3. The van der Waals surface area contributed by atoms with Crippen LogP contribution in [0.1, 0.15) is 44.2 Å². The van der Waals surface area contributed by atoms with Crippen LogP contribution in [0, 0.1) is 16.0 Å². The summed E-state index contributed by atoms with van der Waals surface area (Å²) in [5.41, 5.74) is 0.733. The number of amides is 2. The number of carbonyl (C=O) groups excluding carboxylic acids is 1. The van der Waals surface area contributed by atoms with E-state index in [1.165, 1.54) is 12.1 Å². The van der Waals surface area contributed by atoms with Gasteiger partial charge in [0.25, 0.3) is 5.69 Å². The monoisotopic (exact) mass is 335 g/mol. The van der Waals surface area contributed by atoms with Crippen LogP contribution in [0.5, 0.6) is 0 Å².